The van der Waals surface area contributed by atoms with Crippen molar-refractivity contribution in [3.63, 3.8) is 0 Å². The molecule has 0 bridgehead atoms. The predicted octanol–water partition coefficient (Wildman–Crippen LogP) is 2.00. The van der Waals surface area contributed by atoms with Crippen LogP contribution in [-0.2, 0) is 11.2 Å². The van der Waals surface area contributed by atoms with Gasteiger partial charge >= 0.3 is 0 Å². The number of amides is 1. The van der Waals surface area contributed by atoms with Crippen LogP contribution in [0.15, 0.2) is 11.4 Å². The molecule has 0 aromatic carbocycles. The smallest absolute Gasteiger partial charge is 0.231 e. The van der Waals surface area contributed by atoms with E-state index in [2.05, 4.69) is 20.3 Å². The Bertz CT molecular complexity index is 568. The van der Waals surface area contributed by atoms with Crippen LogP contribution in [0.3, 0.4) is 0 Å². The Morgan fingerprint density at radius 1 is 1.39 bits per heavy atom. The first-order valence-corrected chi connectivity index (χ1v) is 6.36. The van der Waals surface area contributed by atoms with Gasteiger partial charge in [0, 0.05) is 11.4 Å². The summed E-state index contributed by atoms with van der Waals surface area (Å²) in [5.74, 6) is -0.0423. The first-order chi connectivity index (χ1) is 8.52. The van der Waals surface area contributed by atoms with Crippen molar-refractivity contribution in [3.05, 3.63) is 27.6 Å². The van der Waals surface area contributed by atoms with E-state index in [1.54, 1.807) is 5.38 Å². The van der Waals surface area contributed by atoms with Crippen LogP contribution in [0.1, 0.15) is 5.69 Å². The van der Waals surface area contributed by atoms with Crippen molar-refractivity contribution in [2.24, 2.45) is 0 Å². The van der Waals surface area contributed by atoms with Gasteiger partial charge in [0.05, 0.1) is 12.1 Å². The normalized spacial score (nSPS) is 10.3. The van der Waals surface area contributed by atoms with E-state index in [0.717, 1.165) is 0 Å². The number of nitrogens with zero attached hydrogens (tertiary/aromatic N) is 3. The van der Waals surface area contributed by atoms with Gasteiger partial charge in [-0.15, -0.1) is 11.3 Å². The van der Waals surface area contributed by atoms with E-state index in [4.69, 9.17) is 28.9 Å². The highest BCUT2D eigenvalue weighted by molar-refractivity contribution is 7.13. The van der Waals surface area contributed by atoms with E-state index < -0.39 is 0 Å². The molecule has 0 aliphatic rings. The van der Waals surface area contributed by atoms with E-state index in [-0.39, 0.29) is 28.6 Å². The summed E-state index contributed by atoms with van der Waals surface area (Å²) >= 11 is 12.6. The fourth-order valence-electron chi connectivity index (χ4n) is 1.21. The minimum atomic E-state index is -0.286. The van der Waals surface area contributed by atoms with E-state index in [0.29, 0.717) is 10.8 Å². The number of rotatable bonds is 3. The summed E-state index contributed by atoms with van der Waals surface area (Å²) < 4.78 is 0. The van der Waals surface area contributed by atoms with Crippen LogP contribution in [0.5, 0.6) is 0 Å². The Kier molecular flexibility index (Phi) is 3.95. The lowest BCUT2D eigenvalue weighted by atomic mass is 10.3. The molecule has 0 fully saturated rings. The maximum Gasteiger partial charge on any atom is 0.231 e. The molecule has 0 saturated carbocycles. The van der Waals surface area contributed by atoms with E-state index >= 15 is 0 Å². The first-order valence-electron chi connectivity index (χ1n) is 4.73. The number of halogens is 2. The number of nitrogen functional groups attached to an aromatic ring is 1. The summed E-state index contributed by atoms with van der Waals surface area (Å²) in [5.41, 5.74) is 6.07. The monoisotopic (exact) mass is 303 g/mol. The van der Waals surface area contributed by atoms with Crippen molar-refractivity contribution in [2.45, 2.75) is 6.42 Å². The minimum Gasteiger partial charge on any atom is -0.375 e. The number of carbonyl (C=O) groups is 1. The molecule has 2 aromatic rings. The molecule has 3 N–H and O–H groups in total. The maximum atomic E-state index is 11.7. The first kappa shape index (κ1) is 13.0. The second-order valence-electron chi connectivity index (χ2n) is 3.25. The molecule has 0 saturated heterocycles. The molecule has 2 aromatic heterocycles. The van der Waals surface area contributed by atoms with Crippen LogP contribution in [0.2, 0.25) is 10.4 Å². The van der Waals surface area contributed by atoms with Crippen LogP contribution in [0, 0.1) is 0 Å². The fourth-order valence-corrected chi connectivity index (χ4v) is 2.18. The van der Waals surface area contributed by atoms with Crippen LogP contribution >= 0.6 is 34.5 Å². The average molecular weight is 304 g/mol. The van der Waals surface area contributed by atoms with Crippen molar-refractivity contribution in [3.8, 4) is 0 Å². The third-order valence-electron chi connectivity index (χ3n) is 1.85. The number of nitrogens with two attached hydrogens (primary N) is 1. The number of aromatic nitrogens is 3. The summed E-state index contributed by atoms with van der Waals surface area (Å²) in [4.78, 5) is 23.1. The molecule has 18 heavy (non-hydrogen) atoms. The van der Waals surface area contributed by atoms with Crippen LogP contribution in [-0.4, -0.2) is 20.9 Å². The van der Waals surface area contributed by atoms with Gasteiger partial charge in [0.15, 0.2) is 5.13 Å². The van der Waals surface area contributed by atoms with Gasteiger partial charge in [-0.1, -0.05) is 11.6 Å². The van der Waals surface area contributed by atoms with Gasteiger partial charge in [-0.3, -0.25) is 4.79 Å². The van der Waals surface area contributed by atoms with Crippen molar-refractivity contribution < 1.29 is 4.79 Å². The highest BCUT2D eigenvalue weighted by atomic mass is 35.5. The lowest BCUT2D eigenvalue weighted by Gasteiger charge is -2.03. The minimum absolute atomic E-state index is 0.0318. The lowest BCUT2D eigenvalue weighted by molar-refractivity contribution is -0.115. The Balaban J connectivity index is 2.02. The third-order valence-corrected chi connectivity index (χ3v) is 2.93. The molecule has 94 valence electrons. The van der Waals surface area contributed by atoms with Crippen molar-refractivity contribution in [1.29, 1.82) is 0 Å². The molecule has 0 atom stereocenters. The number of thiazole rings is 1. The zero-order chi connectivity index (χ0) is 13.1. The lowest BCUT2D eigenvalue weighted by Crippen LogP contribution is -2.15. The Labute approximate surface area is 116 Å². The predicted molar refractivity (Wildman–Crippen MR) is 70.9 cm³/mol. The molecule has 1 amide bonds. The average Bonchev–Trinajstić information content (AvgIpc) is 2.61. The summed E-state index contributed by atoms with van der Waals surface area (Å²) in [7, 11) is 0. The molecule has 0 spiro atoms. The van der Waals surface area contributed by atoms with E-state index in [1.165, 1.54) is 17.4 Å². The van der Waals surface area contributed by atoms with Crippen molar-refractivity contribution in [1.82, 2.24) is 15.0 Å². The third kappa shape index (κ3) is 3.52. The maximum absolute atomic E-state index is 11.7. The Morgan fingerprint density at radius 3 is 2.78 bits per heavy atom. The number of anilines is 2. The summed E-state index contributed by atoms with van der Waals surface area (Å²) in [5, 5.41) is 4.81. The van der Waals surface area contributed by atoms with E-state index in [9.17, 15) is 4.79 Å². The SMILES string of the molecule is Nc1nc(CC(=O)Nc2cc(Cl)nc(Cl)n2)cs1. The number of hydrogen-bond donors (Lipinski definition) is 2. The molecule has 0 unspecified atom stereocenters. The van der Waals surface area contributed by atoms with Gasteiger partial charge < -0.3 is 11.1 Å². The second kappa shape index (κ2) is 5.47. The Morgan fingerprint density at radius 2 is 2.17 bits per heavy atom. The van der Waals surface area contributed by atoms with Crippen LogP contribution < -0.4 is 11.1 Å². The van der Waals surface area contributed by atoms with E-state index in [1.807, 2.05) is 0 Å². The molecule has 0 aliphatic carbocycles. The van der Waals surface area contributed by atoms with Crippen LogP contribution in [0.4, 0.5) is 10.9 Å². The zero-order valence-electron chi connectivity index (χ0n) is 8.85. The van der Waals surface area contributed by atoms with Gasteiger partial charge in [-0.2, -0.15) is 0 Å². The largest absolute Gasteiger partial charge is 0.375 e. The molecule has 6 nitrogen and oxygen atoms in total. The van der Waals surface area contributed by atoms with Crippen LogP contribution in [0.25, 0.3) is 0 Å². The molecule has 2 heterocycles. The molecule has 9 heteroatoms. The number of nitrogens with one attached hydrogen (secondary N) is 1. The molecular weight excluding hydrogens is 297 g/mol. The van der Waals surface area contributed by atoms with Gasteiger partial charge in [-0.05, 0) is 11.6 Å². The highest BCUT2D eigenvalue weighted by Crippen LogP contribution is 2.15. The van der Waals surface area contributed by atoms with Gasteiger partial charge in [-0.25, -0.2) is 15.0 Å². The summed E-state index contributed by atoms with van der Waals surface area (Å²) in [6.07, 6.45) is 0.104. The fraction of sp³-hybridized carbons (Fsp3) is 0.111. The molecule has 0 radical (unpaired) electrons. The number of carbonyl (C=O) groups excluding carboxylic acids is 1. The van der Waals surface area contributed by atoms with Crippen molar-refractivity contribution in [2.75, 3.05) is 11.1 Å². The summed E-state index contributed by atoms with van der Waals surface area (Å²) in [6.45, 7) is 0. The van der Waals surface area contributed by atoms with Gasteiger partial charge in [0.2, 0.25) is 11.2 Å². The molecule has 0 aliphatic heterocycles. The standard InChI is InChI=1S/C9H7Cl2N5OS/c10-5-2-6(16-8(11)14-5)15-7(17)1-4-3-18-9(12)13-4/h2-3H,1H2,(H2,12,13)(H,14,15,16,17). The van der Waals surface area contributed by atoms with Gasteiger partial charge in [0.1, 0.15) is 11.0 Å². The molecule has 2 rings (SSSR count). The number of hydrogen-bond acceptors (Lipinski definition) is 6. The molecular formula is C9H7Cl2N5OS. The zero-order valence-corrected chi connectivity index (χ0v) is 11.2. The Hall–Kier alpha value is -1.44. The highest BCUT2D eigenvalue weighted by Gasteiger charge is 2.09. The second-order valence-corrected chi connectivity index (χ2v) is 4.86. The quantitative estimate of drug-likeness (QED) is 0.668. The van der Waals surface area contributed by atoms with Crippen molar-refractivity contribution >= 4 is 51.4 Å². The van der Waals surface area contributed by atoms with Gasteiger partial charge in [0.25, 0.3) is 0 Å². The summed E-state index contributed by atoms with van der Waals surface area (Å²) in [6, 6.07) is 1.40. The topological polar surface area (TPSA) is 93.8 Å².